The Bertz CT molecular complexity index is 930. The average molecular weight is 460 g/mol. The van der Waals surface area contributed by atoms with E-state index in [2.05, 4.69) is 36.6 Å². The zero-order valence-electron chi connectivity index (χ0n) is 15.8. The molecule has 0 spiro atoms. The summed E-state index contributed by atoms with van der Waals surface area (Å²) in [5.74, 6) is 0.545. The van der Waals surface area contributed by atoms with Crippen LogP contribution < -0.4 is 10.1 Å². The van der Waals surface area contributed by atoms with Gasteiger partial charge in [-0.3, -0.25) is 9.78 Å². The van der Waals surface area contributed by atoms with Gasteiger partial charge in [0.1, 0.15) is 5.75 Å². The zero-order valence-corrected chi connectivity index (χ0v) is 18.2. The number of aromatic nitrogens is 2. The molecule has 0 aliphatic carbocycles. The number of aryl methyl sites for hydroxylation is 2. The van der Waals surface area contributed by atoms with Gasteiger partial charge in [-0.2, -0.15) is 0 Å². The Morgan fingerprint density at radius 2 is 2.07 bits per heavy atom. The number of hydrogen-bond acceptors (Lipinski definition) is 5. The molecule has 5 nitrogen and oxygen atoms in total. The van der Waals surface area contributed by atoms with Gasteiger partial charge in [-0.1, -0.05) is 6.07 Å². The summed E-state index contributed by atoms with van der Waals surface area (Å²) in [6.45, 7) is 4.35. The molecule has 0 aliphatic rings. The smallest absolute Gasteiger partial charge is 0.260 e. The first-order chi connectivity index (χ1) is 13.5. The highest BCUT2D eigenvalue weighted by molar-refractivity contribution is 9.10. The van der Waals surface area contributed by atoms with Crippen LogP contribution >= 0.6 is 27.3 Å². The number of halogens is 1. The molecule has 0 bridgehead atoms. The third-order valence-corrected chi connectivity index (χ3v) is 5.68. The van der Waals surface area contributed by atoms with E-state index in [1.807, 2.05) is 37.3 Å². The summed E-state index contributed by atoms with van der Waals surface area (Å²) >= 11 is 5.11. The maximum Gasteiger partial charge on any atom is 0.260 e. The lowest BCUT2D eigenvalue weighted by Gasteiger charge is -2.16. The summed E-state index contributed by atoms with van der Waals surface area (Å²) in [7, 11) is 0. The van der Waals surface area contributed by atoms with E-state index in [-0.39, 0.29) is 5.91 Å². The van der Waals surface area contributed by atoms with Crippen molar-refractivity contribution in [2.24, 2.45) is 0 Å². The molecule has 0 fully saturated rings. The summed E-state index contributed by atoms with van der Waals surface area (Å²) in [5.41, 5.74) is 3.17. The molecule has 1 amide bonds. The maximum absolute atomic E-state index is 12.3. The van der Waals surface area contributed by atoms with Crippen molar-refractivity contribution in [2.45, 2.75) is 32.8 Å². The number of thiazole rings is 1. The second kappa shape index (κ2) is 9.80. The highest BCUT2D eigenvalue weighted by Gasteiger charge is 2.15. The molecule has 3 aromatic rings. The molecule has 1 unspecified atom stereocenters. The van der Waals surface area contributed by atoms with E-state index < -0.39 is 6.10 Å². The Morgan fingerprint density at radius 3 is 2.82 bits per heavy atom. The van der Waals surface area contributed by atoms with Crippen molar-refractivity contribution in [3.8, 4) is 17.0 Å². The summed E-state index contributed by atoms with van der Waals surface area (Å²) < 4.78 is 6.60. The number of pyridine rings is 1. The Morgan fingerprint density at radius 1 is 1.29 bits per heavy atom. The van der Waals surface area contributed by atoms with E-state index in [1.165, 1.54) is 0 Å². The van der Waals surface area contributed by atoms with E-state index in [0.29, 0.717) is 12.3 Å². The second-order valence-corrected chi connectivity index (χ2v) is 8.25. The molecule has 1 aromatic carbocycles. The summed E-state index contributed by atoms with van der Waals surface area (Å²) in [6.07, 6.45) is 4.63. The molecular formula is C21H22BrN3O2S. The lowest BCUT2D eigenvalue weighted by Crippen LogP contribution is -2.37. The zero-order chi connectivity index (χ0) is 19.9. The van der Waals surface area contributed by atoms with Gasteiger partial charge in [0.2, 0.25) is 0 Å². The van der Waals surface area contributed by atoms with Crippen LogP contribution in [0, 0.1) is 6.92 Å². The fourth-order valence-corrected chi connectivity index (χ4v) is 4.06. The van der Waals surface area contributed by atoms with Gasteiger partial charge in [-0.05, 0) is 66.0 Å². The minimum atomic E-state index is -0.558. The lowest BCUT2D eigenvalue weighted by molar-refractivity contribution is -0.127. The first-order valence-electron chi connectivity index (χ1n) is 9.08. The molecule has 2 heterocycles. The third-order valence-electron chi connectivity index (χ3n) is 4.15. The molecule has 1 N–H and O–H groups in total. The molecule has 146 valence electrons. The first-order valence-corrected chi connectivity index (χ1v) is 10.8. The van der Waals surface area contributed by atoms with Crippen molar-refractivity contribution in [2.75, 3.05) is 6.54 Å². The number of benzene rings is 1. The third kappa shape index (κ3) is 5.62. The van der Waals surface area contributed by atoms with Crippen molar-refractivity contribution in [3.63, 3.8) is 0 Å². The Balaban J connectivity index is 1.42. The van der Waals surface area contributed by atoms with E-state index in [1.54, 1.807) is 30.7 Å². The summed E-state index contributed by atoms with van der Waals surface area (Å²) in [5, 5.41) is 6.05. The van der Waals surface area contributed by atoms with Crippen LogP contribution in [0.5, 0.6) is 5.75 Å². The number of rotatable bonds is 8. The maximum atomic E-state index is 12.3. The lowest BCUT2D eigenvalue weighted by atomic mass is 10.2. The summed E-state index contributed by atoms with van der Waals surface area (Å²) in [4.78, 5) is 20.9. The minimum absolute atomic E-state index is 0.121. The first kappa shape index (κ1) is 20.5. The standard InChI is InChI=1S/C21H22BrN3O2S/c1-14-5-6-19(17(22)12-14)27-15(2)21(26)24-9-3-4-20-25-18(13-28-20)16-7-10-23-11-8-16/h5-8,10-13,15H,3-4,9H2,1-2H3,(H,24,26). The van der Waals surface area contributed by atoms with Crippen molar-refractivity contribution in [1.29, 1.82) is 0 Å². The highest BCUT2D eigenvalue weighted by atomic mass is 79.9. The average Bonchev–Trinajstić information content (AvgIpc) is 3.17. The Labute approximate surface area is 177 Å². The second-order valence-electron chi connectivity index (χ2n) is 6.45. The Hall–Kier alpha value is -2.25. The van der Waals surface area contributed by atoms with E-state index in [0.717, 1.165) is 39.1 Å². The largest absolute Gasteiger partial charge is 0.480 e. The number of nitrogens with one attached hydrogen (secondary N) is 1. The predicted octanol–water partition coefficient (Wildman–Crippen LogP) is 4.79. The minimum Gasteiger partial charge on any atom is -0.480 e. The van der Waals surface area contributed by atoms with E-state index >= 15 is 0 Å². The van der Waals surface area contributed by atoms with Gasteiger partial charge in [0.05, 0.1) is 15.2 Å². The van der Waals surface area contributed by atoms with Gasteiger partial charge >= 0.3 is 0 Å². The van der Waals surface area contributed by atoms with Crippen LogP contribution in [-0.4, -0.2) is 28.5 Å². The molecule has 2 aromatic heterocycles. The van der Waals surface area contributed by atoms with Crippen LogP contribution in [0.3, 0.4) is 0 Å². The highest BCUT2D eigenvalue weighted by Crippen LogP contribution is 2.26. The SMILES string of the molecule is Cc1ccc(OC(C)C(=O)NCCCc2nc(-c3ccncc3)cs2)c(Br)c1. The Kier molecular flexibility index (Phi) is 7.17. The molecule has 0 saturated carbocycles. The number of hydrogen-bond donors (Lipinski definition) is 1. The van der Waals surface area contributed by atoms with Gasteiger partial charge in [0, 0.05) is 36.3 Å². The molecule has 28 heavy (non-hydrogen) atoms. The van der Waals surface area contributed by atoms with Crippen molar-refractivity contribution in [1.82, 2.24) is 15.3 Å². The molecule has 3 rings (SSSR count). The molecule has 0 aliphatic heterocycles. The molecule has 7 heteroatoms. The molecular weight excluding hydrogens is 438 g/mol. The quantitative estimate of drug-likeness (QED) is 0.491. The van der Waals surface area contributed by atoms with Crippen LogP contribution in [0.15, 0.2) is 52.6 Å². The molecule has 0 saturated heterocycles. The predicted molar refractivity (Wildman–Crippen MR) is 116 cm³/mol. The number of nitrogens with zero attached hydrogens (tertiary/aromatic N) is 2. The van der Waals surface area contributed by atoms with Crippen LogP contribution in [0.2, 0.25) is 0 Å². The number of carbonyl (C=O) groups is 1. The van der Waals surface area contributed by atoms with Crippen LogP contribution in [0.1, 0.15) is 23.9 Å². The van der Waals surface area contributed by atoms with Gasteiger partial charge < -0.3 is 10.1 Å². The van der Waals surface area contributed by atoms with Crippen LogP contribution in [0.25, 0.3) is 11.3 Å². The number of amides is 1. The topological polar surface area (TPSA) is 64.1 Å². The van der Waals surface area contributed by atoms with Gasteiger partial charge in [-0.25, -0.2) is 4.98 Å². The number of ether oxygens (including phenoxy) is 1. The van der Waals surface area contributed by atoms with Crippen LogP contribution in [0.4, 0.5) is 0 Å². The van der Waals surface area contributed by atoms with Crippen molar-refractivity contribution in [3.05, 3.63) is 63.1 Å². The van der Waals surface area contributed by atoms with E-state index in [4.69, 9.17) is 4.74 Å². The van der Waals surface area contributed by atoms with Crippen molar-refractivity contribution < 1.29 is 9.53 Å². The van der Waals surface area contributed by atoms with Gasteiger partial charge in [0.25, 0.3) is 5.91 Å². The monoisotopic (exact) mass is 459 g/mol. The fraction of sp³-hybridized carbons (Fsp3) is 0.286. The number of carbonyl (C=O) groups excluding carboxylic acids is 1. The molecule has 0 radical (unpaired) electrons. The fourth-order valence-electron chi connectivity index (χ4n) is 2.62. The normalized spacial score (nSPS) is 11.8. The molecule has 1 atom stereocenters. The van der Waals surface area contributed by atoms with Crippen molar-refractivity contribution >= 4 is 33.2 Å². The summed E-state index contributed by atoms with van der Waals surface area (Å²) in [6, 6.07) is 9.69. The van der Waals surface area contributed by atoms with E-state index in [9.17, 15) is 4.79 Å². The van der Waals surface area contributed by atoms with Gasteiger partial charge in [-0.15, -0.1) is 11.3 Å². The van der Waals surface area contributed by atoms with Crippen LogP contribution in [-0.2, 0) is 11.2 Å². The van der Waals surface area contributed by atoms with Gasteiger partial charge in [0.15, 0.2) is 6.10 Å².